The van der Waals surface area contributed by atoms with E-state index in [1.54, 1.807) is 0 Å². The Hall–Kier alpha value is -0.930. The Bertz CT molecular complexity index is 373. The number of rotatable bonds is 3. The molecule has 1 N–H and O–H groups in total. The first-order chi connectivity index (χ1) is 9.43. The van der Waals surface area contributed by atoms with Crippen LogP contribution in [0.3, 0.4) is 0 Å². The first-order valence-corrected chi connectivity index (χ1v) is 7.78. The van der Waals surface area contributed by atoms with Crippen molar-refractivity contribution in [3.8, 4) is 0 Å². The van der Waals surface area contributed by atoms with Crippen LogP contribution in [0.5, 0.6) is 0 Å². The maximum absolute atomic E-state index is 4.50. The molecule has 104 valence electrons. The van der Waals surface area contributed by atoms with Gasteiger partial charge in [0.1, 0.15) is 0 Å². The van der Waals surface area contributed by atoms with Crippen molar-refractivity contribution in [1.82, 2.24) is 15.2 Å². The predicted molar refractivity (Wildman–Crippen MR) is 77.9 cm³/mol. The summed E-state index contributed by atoms with van der Waals surface area (Å²) in [6.45, 7) is 4.71. The molecule has 2 saturated heterocycles. The fourth-order valence-corrected chi connectivity index (χ4v) is 3.68. The van der Waals surface area contributed by atoms with E-state index in [2.05, 4.69) is 27.3 Å². The van der Waals surface area contributed by atoms with Gasteiger partial charge in [-0.2, -0.15) is 0 Å². The summed E-state index contributed by atoms with van der Waals surface area (Å²) in [5.41, 5.74) is 1.23. The first-order valence-electron chi connectivity index (χ1n) is 7.78. The average Bonchev–Trinajstić information content (AvgIpc) is 2.50. The van der Waals surface area contributed by atoms with Gasteiger partial charge >= 0.3 is 0 Å². The van der Waals surface area contributed by atoms with E-state index in [1.165, 1.54) is 57.4 Å². The van der Waals surface area contributed by atoms with Gasteiger partial charge in [-0.15, -0.1) is 0 Å². The zero-order valence-electron chi connectivity index (χ0n) is 11.7. The molecule has 2 aliphatic rings. The van der Waals surface area contributed by atoms with E-state index in [9.17, 15) is 0 Å². The third-order valence-corrected chi connectivity index (χ3v) is 4.68. The highest BCUT2D eigenvalue weighted by atomic mass is 15.2. The smallest absolute Gasteiger partial charge is 0.0544 e. The van der Waals surface area contributed by atoms with Gasteiger partial charge in [0.25, 0.3) is 0 Å². The van der Waals surface area contributed by atoms with Crippen molar-refractivity contribution in [1.29, 1.82) is 0 Å². The molecule has 3 heterocycles. The average molecular weight is 259 g/mol. The molecule has 3 rings (SSSR count). The first kappa shape index (κ1) is 13.1. The molecule has 2 aliphatic heterocycles. The van der Waals surface area contributed by atoms with Crippen molar-refractivity contribution in [3.05, 3.63) is 30.1 Å². The summed E-state index contributed by atoms with van der Waals surface area (Å²) in [6, 6.07) is 7.06. The second-order valence-electron chi connectivity index (χ2n) is 5.94. The van der Waals surface area contributed by atoms with Gasteiger partial charge in [0.15, 0.2) is 0 Å². The highest BCUT2D eigenvalue weighted by molar-refractivity contribution is 5.04. The Balaban J connectivity index is 1.66. The molecule has 19 heavy (non-hydrogen) atoms. The molecule has 3 nitrogen and oxygen atoms in total. The zero-order chi connectivity index (χ0) is 12.9. The van der Waals surface area contributed by atoms with Crippen molar-refractivity contribution in [3.63, 3.8) is 0 Å². The number of pyridine rings is 1. The van der Waals surface area contributed by atoms with E-state index in [4.69, 9.17) is 0 Å². The highest BCUT2D eigenvalue weighted by Crippen LogP contribution is 2.29. The predicted octanol–water partition coefficient (Wildman–Crippen LogP) is 2.44. The van der Waals surface area contributed by atoms with Crippen LogP contribution < -0.4 is 5.32 Å². The van der Waals surface area contributed by atoms with Crippen LogP contribution in [0.4, 0.5) is 0 Å². The van der Waals surface area contributed by atoms with E-state index in [-0.39, 0.29) is 0 Å². The molecular formula is C16H25N3. The van der Waals surface area contributed by atoms with Gasteiger partial charge in [-0.05, 0) is 63.4 Å². The van der Waals surface area contributed by atoms with E-state index in [0.717, 1.165) is 18.5 Å². The van der Waals surface area contributed by atoms with Crippen LogP contribution in [-0.4, -0.2) is 35.6 Å². The summed E-state index contributed by atoms with van der Waals surface area (Å²) in [5, 5.41) is 3.49. The van der Waals surface area contributed by atoms with E-state index < -0.39 is 0 Å². The Kier molecular flexibility index (Phi) is 4.46. The van der Waals surface area contributed by atoms with E-state index in [1.807, 2.05) is 12.3 Å². The Morgan fingerprint density at radius 2 is 2.05 bits per heavy atom. The third-order valence-electron chi connectivity index (χ3n) is 4.68. The molecule has 0 amide bonds. The molecule has 3 heteroatoms. The number of aromatic nitrogens is 1. The van der Waals surface area contributed by atoms with Crippen LogP contribution in [0.1, 0.15) is 37.8 Å². The van der Waals surface area contributed by atoms with Crippen LogP contribution in [0.25, 0.3) is 0 Å². The van der Waals surface area contributed by atoms with Crippen molar-refractivity contribution in [2.45, 2.75) is 44.7 Å². The minimum Gasteiger partial charge on any atom is -0.317 e. The minimum absolute atomic E-state index is 0.790. The summed E-state index contributed by atoms with van der Waals surface area (Å²) in [5.74, 6) is 0.894. The fourth-order valence-electron chi connectivity index (χ4n) is 3.68. The molecule has 0 radical (unpaired) electrons. The lowest BCUT2D eigenvalue weighted by molar-refractivity contribution is 0.0767. The van der Waals surface area contributed by atoms with Gasteiger partial charge in [-0.3, -0.25) is 9.88 Å². The number of nitrogens with zero attached hydrogens (tertiary/aromatic N) is 2. The van der Waals surface area contributed by atoms with E-state index in [0.29, 0.717) is 0 Å². The number of hydrogen-bond donors (Lipinski definition) is 1. The third kappa shape index (κ3) is 3.34. The molecule has 1 aromatic rings. The van der Waals surface area contributed by atoms with Crippen LogP contribution in [0, 0.1) is 5.92 Å². The normalized spacial score (nSPS) is 26.4. The van der Waals surface area contributed by atoms with Gasteiger partial charge in [0.05, 0.1) is 5.69 Å². The second-order valence-corrected chi connectivity index (χ2v) is 5.94. The molecule has 1 atom stereocenters. The van der Waals surface area contributed by atoms with Gasteiger partial charge in [0, 0.05) is 18.8 Å². The highest BCUT2D eigenvalue weighted by Gasteiger charge is 2.30. The molecule has 0 bridgehead atoms. The number of piperidine rings is 2. The topological polar surface area (TPSA) is 28.2 Å². The number of nitrogens with one attached hydrogen (secondary N) is 1. The fraction of sp³-hybridized carbons (Fsp3) is 0.688. The van der Waals surface area contributed by atoms with Gasteiger partial charge in [-0.1, -0.05) is 12.5 Å². The summed E-state index contributed by atoms with van der Waals surface area (Å²) >= 11 is 0. The molecule has 0 unspecified atom stereocenters. The van der Waals surface area contributed by atoms with Crippen molar-refractivity contribution >= 4 is 0 Å². The Labute approximate surface area is 116 Å². The molecule has 0 saturated carbocycles. The monoisotopic (exact) mass is 259 g/mol. The SMILES string of the molecule is c1ccc(CN2CCCC[C@@H]2C2CCNCC2)nc1. The molecule has 0 aromatic carbocycles. The Morgan fingerprint density at radius 1 is 1.16 bits per heavy atom. The van der Waals surface area contributed by atoms with Crippen LogP contribution in [0.2, 0.25) is 0 Å². The summed E-state index contributed by atoms with van der Waals surface area (Å²) in [4.78, 5) is 7.19. The molecule has 2 fully saturated rings. The van der Waals surface area contributed by atoms with Gasteiger partial charge < -0.3 is 5.32 Å². The van der Waals surface area contributed by atoms with Crippen molar-refractivity contribution in [2.24, 2.45) is 5.92 Å². The zero-order valence-corrected chi connectivity index (χ0v) is 11.7. The summed E-state index contributed by atoms with van der Waals surface area (Å²) < 4.78 is 0. The van der Waals surface area contributed by atoms with Gasteiger partial charge in [0.2, 0.25) is 0 Å². The van der Waals surface area contributed by atoms with Crippen molar-refractivity contribution in [2.75, 3.05) is 19.6 Å². The number of likely N-dealkylation sites (tertiary alicyclic amines) is 1. The Morgan fingerprint density at radius 3 is 2.84 bits per heavy atom. The van der Waals surface area contributed by atoms with Gasteiger partial charge in [-0.25, -0.2) is 0 Å². The lowest BCUT2D eigenvalue weighted by Gasteiger charge is -2.42. The lowest BCUT2D eigenvalue weighted by Crippen LogP contribution is -2.46. The number of hydrogen-bond acceptors (Lipinski definition) is 3. The minimum atomic E-state index is 0.790. The molecular weight excluding hydrogens is 234 g/mol. The van der Waals surface area contributed by atoms with E-state index >= 15 is 0 Å². The lowest BCUT2D eigenvalue weighted by atomic mass is 9.84. The van der Waals surface area contributed by atoms with Crippen LogP contribution >= 0.6 is 0 Å². The van der Waals surface area contributed by atoms with Crippen LogP contribution in [-0.2, 0) is 6.54 Å². The standard InChI is InChI=1S/C16H25N3/c1-3-9-18-15(5-1)13-19-12-4-2-6-16(19)14-7-10-17-11-8-14/h1,3,5,9,14,16-17H,2,4,6-8,10-13H2/t16-/m1/s1. The molecule has 1 aromatic heterocycles. The molecule has 0 aliphatic carbocycles. The molecule has 0 spiro atoms. The van der Waals surface area contributed by atoms with Crippen molar-refractivity contribution < 1.29 is 0 Å². The maximum Gasteiger partial charge on any atom is 0.0544 e. The maximum atomic E-state index is 4.50. The second kappa shape index (κ2) is 6.49. The summed E-state index contributed by atoms with van der Waals surface area (Å²) in [6.07, 6.45) is 8.77. The van der Waals surface area contributed by atoms with Crippen LogP contribution in [0.15, 0.2) is 24.4 Å². The largest absolute Gasteiger partial charge is 0.317 e. The quantitative estimate of drug-likeness (QED) is 0.903. The summed E-state index contributed by atoms with van der Waals surface area (Å²) in [7, 11) is 0.